The monoisotopic (exact) mass is 230 g/mol. The van der Waals surface area contributed by atoms with Gasteiger partial charge in [0.1, 0.15) is 6.10 Å². The largest absolute Gasteiger partial charge is 0.385 e. The lowest BCUT2D eigenvalue weighted by Crippen LogP contribution is -2.30. The lowest BCUT2D eigenvalue weighted by Gasteiger charge is -2.21. The maximum absolute atomic E-state index is 11.0. The van der Waals surface area contributed by atoms with E-state index in [0.29, 0.717) is 18.8 Å². The summed E-state index contributed by atoms with van der Waals surface area (Å²) in [4.78, 5) is 21.7. The first-order valence-electron chi connectivity index (χ1n) is 4.43. The predicted molar refractivity (Wildman–Crippen MR) is 52.6 cm³/mol. The van der Waals surface area contributed by atoms with Gasteiger partial charge in [-0.05, 0) is 11.6 Å². The Labute approximate surface area is 86.1 Å². The van der Waals surface area contributed by atoms with Gasteiger partial charge in [0.05, 0.1) is 5.69 Å². The Hall–Kier alpha value is -0.780. The molecule has 2 rings (SSSR count). The molecule has 1 aromatic heterocycles. The Morgan fingerprint density at radius 1 is 1.47 bits per heavy atom. The molecular weight excluding hydrogens is 219 g/mol. The van der Waals surface area contributed by atoms with Crippen molar-refractivity contribution in [1.82, 2.24) is 10.3 Å². The highest BCUT2D eigenvalue weighted by atomic mass is 31.2. The number of aliphatic hydroxyl groups excluding tert-OH is 1. The topological polar surface area (TPSA) is 103 Å². The molecule has 4 N–H and O–H groups in total. The molecule has 6 nitrogen and oxygen atoms in total. The summed E-state index contributed by atoms with van der Waals surface area (Å²) in [7, 11) is -4.33. The number of nitrogens with zero attached hydrogens (tertiary/aromatic N) is 1. The number of fused-ring (bicyclic) bond motifs is 1. The van der Waals surface area contributed by atoms with E-state index in [0.717, 1.165) is 5.56 Å². The number of β-amino-alcohol motifs (C(OH)–C–C–N with tert-alkyl or cyclic N) is 1. The first-order chi connectivity index (χ1) is 6.98. The molecule has 1 unspecified atom stereocenters. The fraction of sp³-hybridized carbons (Fsp3) is 0.375. The molecule has 1 aromatic rings. The van der Waals surface area contributed by atoms with Gasteiger partial charge in [0.15, 0.2) is 5.44 Å². The van der Waals surface area contributed by atoms with Crippen LogP contribution in [0.25, 0.3) is 0 Å². The van der Waals surface area contributed by atoms with Crippen molar-refractivity contribution in [3.05, 3.63) is 23.4 Å². The highest BCUT2D eigenvalue weighted by molar-refractivity contribution is 7.60. The molecule has 0 saturated heterocycles. The third kappa shape index (κ3) is 2.09. The van der Waals surface area contributed by atoms with E-state index in [9.17, 15) is 9.67 Å². The van der Waals surface area contributed by atoms with Gasteiger partial charge < -0.3 is 20.2 Å². The van der Waals surface area contributed by atoms with Crippen LogP contribution in [-0.2, 0) is 11.1 Å². The van der Waals surface area contributed by atoms with Crippen LogP contribution in [0.15, 0.2) is 12.1 Å². The van der Waals surface area contributed by atoms with Crippen molar-refractivity contribution in [2.75, 3.05) is 6.54 Å². The average Bonchev–Trinajstić information content (AvgIpc) is 2.16. The molecule has 0 amide bonds. The van der Waals surface area contributed by atoms with E-state index in [1.165, 1.54) is 6.07 Å². The van der Waals surface area contributed by atoms with Crippen molar-refractivity contribution >= 4 is 13.0 Å². The zero-order valence-corrected chi connectivity index (χ0v) is 8.69. The van der Waals surface area contributed by atoms with Crippen LogP contribution in [0.5, 0.6) is 0 Å². The van der Waals surface area contributed by atoms with Crippen molar-refractivity contribution in [2.24, 2.45) is 0 Å². The number of rotatable bonds is 1. The Morgan fingerprint density at radius 2 is 2.20 bits per heavy atom. The standard InChI is InChI=1S/C8H11N2O4P/c11-6-4-9-3-5-1-2-7(10-8(5)6)15(12,13)14/h1-2,6,9,11H,3-4H2,(H2,12,13,14). The van der Waals surface area contributed by atoms with Gasteiger partial charge in [-0.3, -0.25) is 4.57 Å². The van der Waals surface area contributed by atoms with Crippen LogP contribution in [0.4, 0.5) is 0 Å². The summed E-state index contributed by atoms with van der Waals surface area (Å²) in [5.74, 6) is 0. The summed E-state index contributed by atoms with van der Waals surface area (Å²) in [5.41, 5.74) is 0.836. The Morgan fingerprint density at radius 3 is 2.87 bits per heavy atom. The Balaban J connectivity index is 2.49. The molecule has 7 heteroatoms. The zero-order chi connectivity index (χ0) is 11.1. The minimum Gasteiger partial charge on any atom is -0.385 e. The summed E-state index contributed by atoms with van der Waals surface area (Å²) in [6, 6.07) is 2.87. The predicted octanol–water partition coefficient (Wildman–Crippen LogP) is -0.979. The quantitative estimate of drug-likeness (QED) is 0.462. The maximum Gasteiger partial charge on any atom is 0.374 e. The van der Waals surface area contributed by atoms with Crippen LogP contribution in [0.1, 0.15) is 17.4 Å². The first-order valence-corrected chi connectivity index (χ1v) is 6.04. The van der Waals surface area contributed by atoms with Crippen molar-refractivity contribution < 1.29 is 19.5 Å². The van der Waals surface area contributed by atoms with Gasteiger partial charge in [-0.1, -0.05) is 6.07 Å². The molecule has 15 heavy (non-hydrogen) atoms. The molecule has 0 spiro atoms. The second-order valence-electron chi connectivity index (χ2n) is 3.40. The molecule has 0 aromatic carbocycles. The lowest BCUT2D eigenvalue weighted by atomic mass is 10.1. The smallest absolute Gasteiger partial charge is 0.374 e. The molecule has 2 heterocycles. The van der Waals surface area contributed by atoms with Crippen LogP contribution >= 0.6 is 7.60 Å². The number of hydrogen-bond donors (Lipinski definition) is 4. The molecule has 0 radical (unpaired) electrons. The lowest BCUT2D eigenvalue weighted by molar-refractivity contribution is 0.160. The van der Waals surface area contributed by atoms with Gasteiger partial charge in [0.2, 0.25) is 0 Å². The normalized spacial score (nSPS) is 21.1. The Kier molecular flexibility index (Phi) is 2.62. The minimum atomic E-state index is -4.33. The molecule has 0 aliphatic carbocycles. The molecule has 0 saturated carbocycles. The van der Waals surface area contributed by atoms with Crippen molar-refractivity contribution in [3.8, 4) is 0 Å². The van der Waals surface area contributed by atoms with Gasteiger partial charge in [-0.25, -0.2) is 4.98 Å². The van der Waals surface area contributed by atoms with Gasteiger partial charge in [0.25, 0.3) is 0 Å². The van der Waals surface area contributed by atoms with E-state index in [-0.39, 0.29) is 5.44 Å². The van der Waals surface area contributed by atoms with Gasteiger partial charge in [-0.15, -0.1) is 0 Å². The number of hydrogen-bond acceptors (Lipinski definition) is 4. The van der Waals surface area contributed by atoms with E-state index < -0.39 is 13.7 Å². The number of aromatic nitrogens is 1. The Bertz CT molecular complexity index is 431. The molecule has 0 bridgehead atoms. The third-order valence-corrected chi connectivity index (χ3v) is 3.11. The third-order valence-electron chi connectivity index (χ3n) is 2.26. The molecule has 82 valence electrons. The van der Waals surface area contributed by atoms with Gasteiger partial charge >= 0.3 is 7.60 Å². The van der Waals surface area contributed by atoms with Crippen molar-refractivity contribution in [2.45, 2.75) is 12.6 Å². The first kappa shape index (κ1) is 10.7. The summed E-state index contributed by atoms with van der Waals surface area (Å²) >= 11 is 0. The molecular formula is C8H11N2O4P. The van der Waals surface area contributed by atoms with Crippen LogP contribution in [0.3, 0.4) is 0 Å². The summed E-state index contributed by atoms with van der Waals surface area (Å²) in [5, 5.41) is 12.5. The van der Waals surface area contributed by atoms with Crippen LogP contribution in [-0.4, -0.2) is 26.4 Å². The number of pyridine rings is 1. The number of aliphatic hydroxyl groups is 1. The fourth-order valence-corrected chi connectivity index (χ4v) is 2.04. The van der Waals surface area contributed by atoms with Crippen LogP contribution in [0, 0.1) is 0 Å². The SMILES string of the molecule is O=P(O)(O)c1ccc2c(n1)C(O)CNC2. The highest BCUT2D eigenvalue weighted by Crippen LogP contribution is 2.33. The van der Waals surface area contributed by atoms with E-state index in [2.05, 4.69) is 10.3 Å². The minimum absolute atomic E-state index is 0.290. The van der Waals surface area contributed by atoms with Crippen LogP contribution < -0.4 is 10.8 Å². The van der Waals surface area contributed by atoms with E-state index in [1.54, 1.807) is 6.07 Å². The zero-order valence-electron chi connectivity index (χ0n) is 7.79. The summed E-state index contributed by atoms with van der Waals surface area (Å²) in [6.45, 7) is 0.908. The summed E-state index contributed by atoms with van der Waals surface area (Å²) < 4.78 is 11.0. The van der Waals surface area contributed by atoms with Crippen molar-refractivity contribution in [3.63, 3.8) is 0 Å². The van der Waals surface area contributed by atoms with E-state index in [4.69, 9.17) is 9.79 Å². The van der Waals surface area contributed by atoms with Crippen molar-refractivity contribution in [1.29, 1.82) is 0 Å². The summed E-state index contributed by atoms with van der Waals surface area (Å²) in [6.07, 6.45) is -0.805. The average molecular weight is 230 g/mol. The molecule has 0 fully saturated rings. The molecule has 1 aliphatic rings. The second kappa shape index (κ2) is 3.66. The van der Waals surface area contributed by atoms with Gasteiger partial charge in [0, 0.05) is 13.1 Å². The van der Waals surface area contributed by atoms with E-state index in [1.807, 2.05) is 0 Å². The molecule has 1 atom stereocenters. The van der Waals surface area contributed by atoms with Crippen LogP contribution in [0.2, 0.25) is 0 Å². The number of nitrogens with one attached hydrogen (secondary N) is 1. The highest BCUT2D eigenvalue weighted by Gasteiger charge is 2.24. The fourth-order valence-electron chi connectivity index (χ4n) is 1.53. The second-order valence-corrected chi connectivity index (χ2v) is 4.95. The molecule has 1 aliphatic heterocycles. The maximum atomic E-state index is 11.0. The van der Waals surface area contributed by atoms with Gasteiger partial charge in [-0.2, -0.15) is 0 Å². The van der Waals surface area contributed by atoms with E-state index >= 15 is 0 Å².